The van der Waals surface area contributed by atoms with Crippen LogP contribution in [-0.4, -0.2) is 40.3 Å². The first-order valence-electron chi connectivity index (χ1n) is 8.07. The molecule has 4 nitrogen and oxygen atoms in total. The molecule has 1 aliphatic heterocycles. The molecular weight excluding hydrogens is 342 g/mol. The van der Waals surface area contributed by atoms with Gasteiger partial charge in [-0.15, -0.1) is 11.3 Å². The molecule has 1 aromatic carbocycles. The van der Waals surface area contributed by atoms with Gasteiger partial charge in [-0.1, -0.05) is 23.7 Å². The summed E-state index contributed by atoms with van der Waals surface area (Å²) in [6, 6.07) is 6.24. The van der Waals surface area contributed by atoms with Crippen LogP contribution in [-0.2, 0) is 17.9 Å². The van der Waals surface area contributed by atoms with Crippen LogP contribution in [0.4, 0.5) is 0 Å². The molecule has 0 unspecified atom stereocenters. The normalized spacial score (nSPS) is 16.0. The Morgan fingerprint density at radius 1 is 1.38 bits per heavy atom. The summed E-state index contributed by atoms with van der Waals surface area (Å²) in [6.45, 7) is 7.71. The Morgan fingerprint density at radius 3 is 2.75 bits per heavy atom. The molecule has 1 atom stereocenters. The first-order valence-corrected chi connectivity index (χ1v) is 9.27. The third-order valence-electron chi connectivity index (χ3n) is 4.70. The molecule has 0 N–H and O–H groups in total. The number of hydrogen-bond donors (Lipinski definition) is 0. The van der Waals surface area contributed by atoms with Crippen molar-refractivity contribution in [3.05, 3.63) is 39.4 Å². The van der Waals surface area contributed by atoms with E-state index in [4.69, 9.17) is 16.6 Å². The zero-order valence-electron chi connectivity index (χ0n) is 14.4. The summed E-state index contributed by atoms with van der Waals surface area (Å²) in [5.74, 6) is 0. The SMILES string of the molecule is Cc1c(Cl)cccc1-c1nc2c(s1)CN([C@H](C=O)N(C)C(C)C)C2. The minimum atomic E-state index is -0.206. The van der Waals surface area contributed by atoms with Crippen LogP contribution in [0.5, 0.6) is 0 Å². The maximum Gasteiger partial charge on any atom is 0.151 e. The highest BCUT2D eigenvalue weighted by Gasteiger charge is 2.32. The van der Waals surface area contributed by atoms with Crippen LogP contribution in [0.2, 0.25) is 5.02 Å². The number of carbonyl (C=O) groups is 1. The number of hydrogen-bond acceptors (Lipinski definition) is 5. The number of aldehydes is 1. The van der Waals surface area contributed by atoms with Gasteiger partial charge in [0.1, 0.15) is 11.2 Å². The molecule has 24 heavy (non-hydrogen) atoms. The van der Waals surface area contributed by atoms with E-state index in [0.717, 1.165) is 39.7 Å². The van der Waals surface area contributed by atoms with E-state index in [1.165, 1.54) is 4.88 Å². The molecule has 0 bridgehead atoms. The molecular formula is C18H22ClN3OS. The maximum absolute atomic E-state index is 11.6. The van der Waals surface area contributed by atoms with Crippen molar-refractivity contribution >= 4 is 29.2 Å². The maximum atomic E-state index is 11.6. The van der Waals surface area contributed by atoms with Gasteiger partial charge in [-0.3, -0.25) is 9.80 Å². The first kappa shape index (κ1) is 17.5. The number of likely N-dealkylation sites (N-methyl/N-ethyl adjacent to an activating group) is 1. The van der Waals surface area contributed by atoms with Crippen LogP contribution in [0.25, 0.3) is 10.6 Å². The van der Waals surface area contributed by atoms with E-state index in [9.17, 15) is 4.79 Å². The second-order valence-electron chi connectivity index (χ2n) is 6.52. The predicted molar refractivity (Wildman–Crippen MR) is 99.3 cm³/mol. The van der Waals surface area contributed by atoms with Gasteiger partial charge in [-0.25, -0.2) is 4.98 Å². The molecule has 0 spiro atoms. The quantitative estimate of drug-likeness (QED) is 0.753. The second kappa shape index (κ2) is 6.92. The molecule has 0 amide bonds. The van der Waals surface area contributed by atoms with E-state index >= 15 is 0 Å². The molecule has 2 heterocycles. The smallest absolute Gasteiger partial charge is 0.151 e. The van der Waals surface area contributed by atoms with Gasteiger partial charge in [0, 0.05) is 34.6 Å². The van der Waals surface area contributed by atoms with Crippen molar-refractivity contribution in [3.63, 3.8) is 0 Å². The lowest BCUT2D eigenvalue weighted by atomic mass is 10.1. The topological polar surface area (TPSA) is 36.4 Å². The molecule has 6 heteroatoms. The van der Waals surface area contributed by atoms with Gasteiger partial charge >= 0.3 is 0 Å². The fourth-order valence-electron chi connectivity index (χ4n) is 2.95. The summed E-state index contributed by atoms with van der Waals surface area (Å²) in [7, 11) is 1.99. The fraction of sp³-hybridized carbons (Fsp3) is 0.444. The van der Waals surface area contributed by atoms with Gasteiger partial charge < -0.3 is 4.79 Å². The van der Waals surface area contributed by atoms with Crippen molar-refractivity contribution < 1.29 is 4.79 Å². The Hall–Kier alpha value is -1.27. The molecule has 2 aromatic rings. The van der Waals surface area contributed by atoms with Crippen molar-refractivity contribution in [2.24, 2.45) is 0 Å². The number of carbonyl (C=O) groups excluding carboxylic acids is 1. The third kappa shape index (κ3) is 3.14. The predicted octanol–water partition coefficient (Wildman–Crippen LogP) is 3.95. The van der Waals surface area contributed by atoms with Gasteiger partial charge in [0.05, 0.1) is 5.69 Å². The number of nitrogens with zero attached hydrogens (tertiary/aromatic N) is 3. The summed E-state index contributed by atoms with van der Waals surface area (Å²) < 4.78 is 0. The van der Waals surface area contributed by atoms with Gasteiger partial charge in [0.2, 0.25) is 0 Å². The Bertz CT molecular complexity index is 735. The lowest BCUT2D eigenvalue weighted by Crippen LogP contribution is -2.48. The highest BCUT2D eigenvalue weighted by molar-refractivity contribution is 7.15. The highest BCUT2D eigenvalue weighted by atomic mass is 35.5. The lowest BCUT2D eigenvalue weighted by molar-refractivity contribution is -0.119. The summed E-state index contributed by atoms with van der Waals surface area (Å²) >= 11 is 7.93. The van der Waals surface area contributed by atoms with Crippen molar-refractivity contribution in [2.75, 3.05) is 7.05 Å². The third-order valence-corrected chi connectivity index (χ3v) is 6.23. The van der Waals surface area contributed by atoms with Gasteiger partial charge in [0.15, 0.2) is 6.29 Å². The Balaban J connectivity index is 1.82. The Kier molecular flexibility index (Phi) is 5.06. The average Bonchev–Trinajstić information content (AvgIpc) is 3.09. The number of benzene rings is 1. The minimum Gasteiger partial charge on any atom is -0.300 e. The lowest BCUT2D eigenvalue weighted by Gasteiger charge is -2.33. The summed E-state index contributed by atoms with van der Waals surface area (Å²) in [5.41, 5.74) is 3.24. The van der Waals surface area contributed by atoms with Crippen LogP contribution in [0.1, 0.15) is 30.0 Å². The molecule has 1 aliphatic rings. The number of fused-ring (bicyclic) bond motifs is 1. The Labute approximate surface area is 152 Å². The van der Waals surface area contributed by atoms with Crippen LogP contribution in [0, 0.1) is 6.92 Å². The Morgan fingerprint density at radius 2 is 2.12 bits per heavy atom. The van der Waals surface area contributed by atoms with E-state index in [2.05, 4.69) is 29.7 Å². The van der Waals surface area contributed by atoms with Crippen LogP contribution in [0.3, 0.4) is 0 Å². The number of thiazole rings is 1. The first-order chi connectivity index (χ1) is 11.4. The minimum absolute atomic E-state index is 0.206. The molecule has 0 saturated heterocycles. The van der Waals surface area contributed by atoms with Gasteiger partial charge in [0.25, 0.3) is 0 Å². The van der Waals surface area contributed by atoms with E-state index < -0.39 is 0 Å². The molecule has 3 rings (SSSR count). The second-order valence-corrected chi connectivity index (χ2v) is 8.01. The number of aromatic nitrogens is 1. The van der Waals surface area contributed by atoms with E-state index in [-0.39, 0.29) is 6.17 Å². The van der Waals surface area contributed by atoms with E-state index in [0.29, 0.717) is 12.6 Å². The highest BCUT2D eigenvalue weighted by Crippen LogP contribution is 2.37. The van der Waals surface area contributed by atoms with Crippen molar-refractivity contribution in [3.8, 4) is 10.6 Å². The average molecular weight is 364 g/mol. The summed E-state index contributed by atoms with van der Waals surface area (Å²) in [6.07, 6.45) is 0.821. The molecule has 1 aromatic heterocycles. The van der Waals surface area contributed by atoms with Crippen molar-refractivity contribution in [1.82, 2.24) is 14.8 Å². The number of rotatable bonds is 5. The van der Waals surface area contributed by atoms with Gasteiger partial charge in [-0.05, 0) is 39.4 Å². The zero-order valence-corrected chi connectivity index (χ0v) is 16.0. The fourth-order valence-corrected chi connectivity index (χ4v) is 4.30. The monoisotopic (exact) mass is 363 g/mol. The summed E-state index contributed by atoms with van der Waals surface area (Å²) in [5, 5.41) is 1.78. The van der Waals surface area contributed by atoms with E-state index in [1.54, 1.807) is 11.3 Å². The molecule has 0 fully saturated rings. The van der Waals surface area contributed by atoms with Crippen LogP contribution >= 0.6 is 22.9 Å². The van der Waals surface area contributed by atoms with E-state index in [1.807, 2.05) is 26.1 Å². The van der Waals surface area contributed by atoms with Crippen molar-refractivity contribution in [1.29, 1.82) is 0 Å². The zero-order chi connectivity index (χ0) is 17.4. The summed E-state index contributed by atoms with van der Waals surface area (Å²) in [4.78, 5) is 21.9. The van der Waals surface area contributed by atoms with Gasteiger partial charge in [-0.2, -0.15) is 0 Å². The van der Waals surface area contributed by atoms with Crippen LogP contribution in [0.15, 0.2) is 18.2 Å². The van der Waals surface area contributed by atoms with Crippen molar-refractivity contribution in [2.45, 2.75) is 46.1 Å². The largest absolute Gasteiger partial charge is 0.300 e. The molecule has 0 aliphatic carbocycles. The molecule has 128 valence electrons. The molecule has 0 radical (unpaired) electrons. The number of halogens is 1. The van der Waals surface area contributed by atoms with Crippen LogP contribution < -0.4 is 0 Å². The standard InChI is InChI=1S/C18H22ClN3OS/c1-11(2)21(4)17(10-23)22-8-15-16(9-22)24-18(20-15)13-6-5-7-14(19)12(13)3/h5-7,10-11,17H,8-9H2,1-4H3/t17-/m1/s1. The molecule has 0 saturated carbocycles.